The summed E-state index contributed by atoms with van der Waals surface area (Å²) >= 11 is 0. The molecule has 0 spiro atoms. The maximum absolute atomic E-state index is 12.8. The number of carbonyl (C=O) groups excluding carboxylic acids is 3. The van der Waals surface area contributed by atoms with Gasteiger partial charge in [0, 0.05) is 31.4 Å². The number of allylic oxidation sites excluding steroid dienone is 2. The molecule has 1 aromatic carbocycles. The van der Waals surface area contributed by atoms with Gasteiger partial charge >= 0.3 is 5.97 Å². The van der Waals surface area contributed by atoms with Crippen LogP contribution >= 0.6 is 0 Å². The fourth-order valence-electron chi connectivity index (χ4n) is 4.59. The Hall–Kier alpha value is -3.16. The minimum absolute atomic E-state index is 0.136. The molecular formula is C23H27N3O5. The van der Waals surface area contributed by atoms with Crippen LogP contribution in [-0.2, 0) is 19.1 Å². The van der Waals surface area contributed by atoms with Crippen molar-refractivity contribution in [3.63, 3.8) is 0 Å². The number of rotatable bonds is 7. The van der Waals surface area contributed by atoms with Crippen LogP contribution < -0.4 is 9.64 Å². The van der Waals surface area contributed by atoms with Gasteiger partial charge in [0.1, 0.15) is 5.75 Å². The molecule has 8 heteroatoms. The Labute approximate surface area is 181 Å². The number of ether oxygens (including phenoxy) is 2. The Morgan fingerprint density at radius 3 is 2.42 bits per heavy atom. The highest BCUT2D eigenvalue weighted by atomic mass is 16.6. The summed E-state index contributed by atoms with van der Waals surface area (Å²) < 4.78 is 10.8. The van der Waals surface area contributed by atoms with Crippen molar-refractivity contribution in [1.29, 1.82) is 0 Å². The fraction of sp³-hybridized carbons (Fsp3) is 0.478. The van der Waals surface area contributed by atoms with Gasteiger partial charge in [0.25, 0.3) is 11.8 Å². The first-order valence-electron chi connectivity index (χ1n) is 10.5. The molecule has 2 amide bonds. The second-order valence-corrected chi connectivity index (χ2v) is 8.68. The molecule has 2 bridgehead atoms. The largest absolute Gasteiger partial charge is 0.481 e. The normalized spacial score (nSPS) is 26.3. The second-order valence-electron chi connectivity index (χ2n) is 8.68. The van der Waals surface area contributed by atoms with E-state index in [0.29, 0.717) is 11.3 Å². The molecule has 1 saturated carbocycles. The molecule has 31 heavy (non-hydrogen) atoms. The van der Waals surface area contributed by atoms with Crippen molar-refractivity contribution < 1.29 is 23.9 Å². The summed E-state index contributed by atoms with van der Waals surface area (Å²) in [5.74, 6) is -0.860. The number of esters is 1. The first-order valence-corrected chi connectivity index (χ1v) is 10.5. The van der Waals surface area contributed by atoms with Gasteiger partial charge in [-0.1, -0.05) is 12.2 Å². The van der Waals surface area contributed by atoms with E-state index in [2.05, 4.69) is 5.10 Å². The lowest BCUT2D eigenvalue weighted by Crippen LogP contribution is -2.28. The van der Waals surface area contributed by atoms with Crippen molar-refractivity contribution in [2.24, 2.45) is 28.8 Å². The summed E-state index contributed by atoms with van der Waals surface area (Å²) in [5.41, 5.74) is 1.43. The van der Waals surface area contributed by atoms with E-state index in [4.69, 9.17) is 9.47 Å². The van der Waals surface area contributed by atoms with Crippen LogP contribution in [-0.4, -0.2) is 55.8 Å². The number of carbonyl (C=O) groups is 3. The molecule has 1 heterocycles. The summed E-state index contributed by atoms with van der Waals surface area (Å²) in [6, 6.07) is 5.42. The van der Waals surface area contributed by atoms with Crippen LogP contribution in [0.15, 0.2) is 35.5 Å². The molecule has 164 valence electrons. The molecule has 0 radical (unpaired) electrons. The molecule has 0 N–H and O–H groups in total. The van der Waals surface area contributed by atoms with Crippen LogP contribution in [0.5, 0.6) is 5.75 Å². The maximum Gasteiger partial charge on any atom is 0.344 e. The Morgan fingerprint density at radius 1 is 1.19 bits per heavy atom. The highest BCUT2D eigenvalue weighted by Gasteiger charge is 2.59. The van der Waals surface area contributed by atoms with Crippen molar-refractivity contribution >= 4 is 29.7 Å². The average molecular weight is 425 g/mol. The third-order valence-electron chi connectivity index (χ3n) is 5.99. The lowest BCUT2D eigenvalue weighted by Gasteiger charge is -2.16. The van der Waals surface area contributed by atoms with Gasteiger partial charge in [-0.25, -0.2) is 4.79 Å². The Kier molecular flexibility index (Phi) is 5.56. The van der Waals surface area contributed by atoms with E-state index in [0.717, 1.165) is 17.1 Å². The van der Waals surface area contributed by atoms with Crippen LogP contribution in [0.4, 0.5) is 5.69 Å². The molecule has 1 saturated heterocycles. The minimum Gasteiger partial charge on any atom is -0.481 e. The van der Waals surface area contributed by atoms with Gasteiger partial charge in [0.2, 0.25) is 0 Å². The third-order valence-corrected chi connectivity index (χ3v) is 5.99. The Morgan fingerprint density at radius 2 is 1.84 bits per heavy atom. The quantitative estimate of drug-likeness (QED) is 0.288. The molecule has 2 aliphatic carbocycles. The molecule has 1 aromatic rings. The zero-order chi connectivity index (χ0) is 22.3. The fourth-order valence-corrected chi connectivity index (χ4v) is 4.59. The predicted molar refractivity (Wildman–Crippen MR) is 115 cm³/mol. The molecule has 1 aliphatic heterocycles. The summed E-state index contributed by atoms with van der Waals surface area (Å²) in [5, 5.41) is 5.22. The topological polar surface area (TPSA) is 88.5 Å². The summed E-state index contributed by atoms with van der Waals surface area (Å²) in [6.07, 6.45) is 6.18. The minimum atomic E-state index is -0.478. The molecular weight excluding hydrogens is 398 g/mol. The second kappa shape index (κ2) is 8.17. The monoisotopic (exact) mass is 425 g/mol. The summed E-state index contributed by atoms with van der Waals surface area (Å²) in [4.78, 5) is 39.4. The van der Waals surface area contributed by atoms with Crippen molar-refractivity contribution in [3.8, 4) is 5.75 Å². The van der Waals surface area contributed by atoms with Gasteiger partial charge in [-0.3, -0.25) is 9.59 Å². The van der Waals surface area contributed by atoms with E-state index in [-0.39, 0.29) is 48.2 Å². The lowest BCUT2D eigenvalue weighted by molar-refractivity contribution is -0.149. The molecule has 3 aliphatic rings. The van der Waals surface area contributed by atoms with Crippen molar-refractivity contribution in [2.45, 2.75) is 26.4 Å². The number of imide groups is 1. The van der Waals surface area contributed by atoms with Gasteiger partial charge in [0.05, 0.1) is 24.2 Å². The number of benzene rings is 1. The maximum atomic E-state index is 12.8. The average Bonchev–Trinajstić information content (AvgIpc) is 3.39. The number of anilines is 1. The van der Waals surface area contributed by atoms with E-state index in [1.165, 1.54) is 6.21 Å². The van der Waals surface area contributed by atoms with E-state index in [1.54, 1.807) is 26.0 Å². The molecule has 4 rings (SSSR count). The van der Waals surface area contributed by atoms with Crippen molar-refractivity contribution in [3.05, 3.63) is 35.9 Å². The number of nitrogens with zero attached hydrogens (tertiary/aromatic N) is 3. The van der Waals surface area contributed by atoms with Gasteiger partial charge in [0.15, 0.2) is 6.61 Å². The Balaban J connectivity index is 1.53. The zero-order valence-electron chi connectivity index (χ0n) is 18.1. The first-order chi connectivity index (χ1) is 14.8. The van der Waals surface area contributed by atoms with Crippen LogP contribution in [0, 0.1) is 23.7 Å². The SMILES string of the molecule is CC(C)OC(=O)COc1cc(N(C)C)ccc1C=NN1C(=O)[C@@H]2[C@H](C1=O)[C@H]1C=C[C@H]2C1. The van der Waals surface area contributed by atoms with Gasteiger partial charge in [-0.15, -0.1) is 0 Å². The van der Waals surface area contributed by atoms with Crippen molar-refractivity contribution in [1.82, 2.24) is 5.01 Å². The van der Waals surface area contributed by atoms with E-state index < -0.39 is 5.97 Å². The van der Waals surface area contributed by atoms with Gasteiger partial charge in [-0.05, 0) is 44.2 Å². The lowest BCUT2D eigenvalue weighted by atomic mass is 9.85. The third kappa shape index (κ3) is 3.94. The summed E-state index contributed by atoms with van der Waals surface area (Å²) in [7, 11) is 3.78. The predicted octanol–water partition coefficient (Wildman–Crippen LogP) is 2.22. The Bertz CT molecular complexity index is 938. The highest BCUT2D eigenvalue weighted by Crippen LogP contribution is 2.52. The van der Waals surface area contributed by atoms with Crippen LogP contribution in [0.1, 0.15) is 25.8 Å². The molecule has 2 fully saturated rings. The highest BCUT2D eigenvalue weighted by molar-refractivity contribution is 6.07. The molecule has 0 aromatic heterocycles. The number of fused-ring (bicyclic) bond motifs is 5. The number of hydrazone groups is 1. The first kappa shape index (κ1) is 21.1. The smallest absolute Gasteiger partial charge is 0.344 e. The number of hydrogen-bond donors (Lipinski definition) is 0. The van der Waals surface area contributed by atoms with Crippen LogP contribution in [0.3, 0.4) is 0 Å². The summed E-state index contributed by atoms with van der Waals surface area (Å²) in [6.45, 7) is 3.28. The zero-order valence-corrected chi connectivity index (χ0v) is 18.1. The van der Waals surface area contributed by atoms with Crippen molar-refractivity contribution in [2.75, 3.05) is 25.6 Å². The van der Waals surface area contributed by atoms with Gasteiger partial charge in [-0.2, -0.15) is 10.1 Å². The molecule has 4 atom stereocenters. The van der Waals surface area contributed by atoms with E-state index >= 15 is 0 Å². The standard InChI is InChI=1S/C23H27N3O5/c1-13(2)31-19(27)12-30-18-10-17(25(3)4)8-7-16(18)11-24-26-22(28)20-14-5-6-15(9-14)21(20)23(26)29/h5-8,10-11,13-15,20-21H,9,12H2,1-4H3/t14-,15-,20-,21+/m0/s1. The molecule has 8 nitrogen and oxygen atoms in total. The van der Waals surface area contributed by atoms with Crippen LogP contribution in [0.2, 0.25) is 0 Å². The van der Waals surface area contributed by atoms with Gasteiger partial charge < -0.3 is 14.4 Å². The number of hydrogen-bond acceptors (Lipinski definition) is 7. The van der Waals surface area contributed by atoms with E-state index in [9.17, 15) is 14.4 Å². The number of amides is 2. The molecule has 0 unspecified atom stereocenters. The van der Waals surface area contributed by atoms with Crippen LogP contribution in [0.25, 0.3) is 0 Å². The van der Waals surface area contributed by atoms with E-state index in [1.807, 2.05) is 37.2 Å².